The van der Waals surface area contributed by atoms with E-state index in [4.69, 9.17) is 5.21 Å². The van der Waals surface area contributed by atoms with Crippen LogP contribution in [0.2, 0.25) is 0 Å². The van der Waals surface area contributed by atoms with Gasteiger partial charge in [0.05, 0.1) is 12.6 Å². The first-order valence-corrected chi connectivity index (χ1v) is 12.2. The van der Waals surface area contributed by atoms with E-state index in [1.54, 1.807) is 54.6 Å². The van der Waals surface area contributed by atoms with E-state index in [9.17, 15) is 23.9 Å². The fourth-order valence-electron chi connectivity index (χ4n) is 3.41. The third-order valence-electron chi connectivity index (χ3n) is 5.51. The van der Waals surface area contributed by atoms with Crippen LogP contribution in [0.4, 0.5) is 10.1 Å². The zero-order valence-corrected chi connectivity index (χ0v) is 21.5. The molecule has 2 atom stereocenters. The molecule has 0 aliphatic carbocycles. The molecule has 3 aromatic carbocycles. The number of aliphatic hydroxyl groups excluding tert-OH is 1. The van der Waals surface area contributed by atoms with E-state index in [1.165, 1.54) is 30.6 Å². The number of rotatable bonds is 9. The van der Waals surface area contributed by atoms with Gasteiger partial charge in [0.15, 0.2) is 0 Å². The smallest absolute Gasteiger partial charge is 0.268 e. The van der Waals surface area contributed by atoms with Gasteiger partial charge in [-0.2, -0.15) is 0 Å². The maximum Gasteiger partial charge on any atom is 0.268 e. The summed E-state index contributed by atoms with van der Waals surface area (Å²) in [5.41, 5.74) is 4.01. The third-order valence-corrected chi connectivity index (χ3v) is 5.51. The Hall–Kier alpha value is -5.00. The van der Waals surface area contributed by atoms with Gasteiger partial charge in [0, 0.05) is 34.5 Å². The van der Waals surface area contributed by atoms with Crippen LogP contribution in [0.1, 0.15) is 34.0 Å². The highest BCUT2D eigenvalue weighted by atomic mass is 19.1. The minimum absolute atomic E-state index is 0.0282. The zero-order valence-electron chi connectivity index (χ0n) is 21.5. The Morgan fingerprint density at radius 2 is 1.50 bits per heavy atom. The predicted octanol–water partition coefficient (Wildman–Crippen LogP) is 1.94. The second kappa shape index (κ2) is 14.8. The molecule has 204 valence electrons. The van der Waals surface area contributed by atoms with Crippen molar-refractivity contribution in [2.45, 2.75) is 25.6 Å². The summed E-state index contributed by atoms with van der Waals surface area (Å²) >= 11 is 0. The van der Waals surface area contributed by atoms with Crippen molar-refractivity contribution in [3.63, 3.8) is 0 Å². The van der Waals surface area contributed by atoms with Gasteiger partial charge in [-0.25, -0.2) is 9.87 Å². The number of hydrogen-bond acceptors (Lipinski definition) is 6. The Morgan fingerprint density at radius 1 is 0.900 bits per heavy atom. The fraction of sp³-hybridized carbons (Fsp3) is 0.167. The summed E-state index contributed by atoms with van der Waals surface area (Å²) in [6.45, 7) is 1.58. The maximum atomic E-state index is 13.6. The number of aliphatic hydroxyl groups is 1. The lowest BCUT2D eigenvalue weighted by molar-refractivity contribution is -0.133. The van der Waals surface area contributed by atoms with Gasteiger partial charge in [0.25, 0.3) is 11.8 Å². The van der Waals surface area contributed by atoms with Crippen molar-refractivity contribution in [3.05, 3.63) is 101 Å². The largest absolute Gasteiger partial charge is 0.391 e. The van der Waals surface area contributed by atoms with Gasteiger partial charge in [0.2, 0.25) is 5.91 Å². The molecule has 6 N–H and O–H groups in total. The lowest BCUT2D eigenvalue weighted by atomic mass is 10.1. The molecule has 0 aromatic heterocycles. The number of hydroxylamine groups is 1. The average Bonchev–Trinajstić information content (AvgIpc) is 2.95. The average molecular weight is 543 g/mol. The molecule has 9 nitrogen and oxygen atoms in total. The van der Waals surface area contributed by atoms with Crippen LogP contribution in [0.3, 0.4) is 0 Å². The molecule has 3 amide bonds. The molecule has 0 aliphatic rings. The summed E-state index contributed by atoms with van der Waals surface area (Å²) < 4.78 is 13.6. The molecule has 0 saturated carbocycles. The Labute approximate surface area is 230 Å². The van der Waals surface area contributed by atoms with E-state index in [2.05, 4.69) is 39.6 Å². The summed E-state index contributed by atoms with van der Waals surface area (Å²) in [4.78, 5) is 36.0. The van der Waals surface area contributed by atoms with Gasteiger partial charge in [-0.05, 0) is 73.4 Å². The Kier molecular flexibility index (Phi) is 10.9. The van der Waals surface area contributed by atoms with Crippen LogP contribution in [0, 0.1) is 29.5 Å². The first-order valence-electron chi connectivity index (χ1n) is 12.2. The fourth-order valence-corrected chi connectivity index (χ4v) is 3.41. The lowest BCUT2D eigenvalue weighted by Gasteiger charge is -2.19. The van der Waals surface area contributed by atoms with Crippen molar-refractivity contribution >= 4 is 23.4 Å². The minimum Gasteiger partial charge on any atom is -0.391 e. The number of nitrogens with one attached hydrogen (secondary N) is 4. The van der Waals surface area contributed by atoms with Gasteiger partial charge >= 0.3 is 0 Å². The number of carbonyl (C=O) groups excluding carboxylic acids is 3. The highest BCUT2D eigenvalue weighted by Gasteiger charge is 2.25. The second-order valence-corrected chi connectivity index (χ2v) is 8.57. The molecule has 0 aliphatic heterocycles. The Balaban J connectivity index is 1.48. The summed E-state index contributed by atoms with van der Waals surface area (Å²) in [7, 11) is 0. The van der Waals surface area contributed by atoms with Gasteiger partial charge < -0.3 is 21.1 Å². The first kappa shape index (κ1) is 29.6. The highest BCUT2D eigenvalue weighted by molar-refractivity contribution is 5.97. The molecule has 0 unspecified atom stereocenters. The normalized spacial score (nSPS) is 11.5. The van der Waals surface area contributed by atoms with E-state index in [1.807, 2.05) is 0 Å². The molecule has 0 fully saturated rings. The summed E-state index contributed by atoms with van der Waals surface area (Å²) in [6.07, 6.45) is -1.21. The Bertz CT molecular complexity index is 1470. The molecule has 3 rings (SSSR count). The van der Waals surface area contributed by atoms with E-state index in [-0.39, 0.29) is 30.4 Å². The van der Waals surface area contributed by atoms with Gasteiger partial charge in [-0.15, -0.1) is 0 Å². The van der Waals surface area contributed by atoms with Crippen LogP contribution in [-0.2, 0) is 16.1 Å². The Morgan fingerprint density at radius 3 is 2.08 bits per heavy atom. The SMILES string of the molecule is C[C@@H](O)[C@H](NC(=O)c1ccc(C#CC#Cc2ccc(NC(=O)CNCc3ccccc3F)cc2)cc1)C(=O)NO. The number of hydrogen-bond donors (Lipinski definition) is 6. The number of halogens is 1. The van der Waals surface area contributed by atoms with E-state index in [0.29, 0.717) is 22.4 Å². The molecule has 3 aromatic rings. The van der Waals surface area contributed by atoms with Crippen molar-refractivity contribution in [1.82, 2.24) is 16.1 Å². The van der Waals surface area contributed by atoms with Crippen LogP contribution in [0.25, 0.3) is 0 Å². The number of benzene rings is 3. The van der Waals surface area contributed by atoms with Crippen LogP contribution < -0.4 is 21.4 Å². The van der Waals surface area contributed by atoms with Crippen LogP contribution >= 0.6 is 0 Å². The topological polar surface area (TPSA) is 140 Å². The molecule has 40 heavy (non-hydrogen) atoms. The van der Waals surface area contributed by atoms with Crippen molar-refractivity contribution < 1.29 is 29.1 Å². The van der Waals surface area contributed by atoms with Crippen molar-refractivity contribution in [3.8, 4) is 23.7 Å². The monoisotopic (exact) mass is 542 g/mol. The molecular formula is C30H27FN4O5. The number of anilines is 1. The van der Waals surface area contributed by atoms with Gasteiger partial charge in [0.1, 0.15) is 11.9 Å². The second-order valence-electron chi connectivity index (χ2n) is 8.57. The molecule has 0 radical (unpaired) electrons. The molecule has 10 heteroatoms. The quantitative estimate of drug-likeness (QED) is 0.139. The van der Waals surface area contributed by atoms with Crippen molar-refractivity contribution in [1.29, 1.82) is 0 Å². The molecular weight excluding hydrogens is 515 g/mol. The summed E-state index contributed by atoms with van der Waals surface area (Å²) in [6, 6.07) is 18.2. The van der Waals surface area contributed by atoms with Crippen LogP contribution in [0.15, 0.2) is 72.8 Å². The van der Waals surface area contributed by atoms with Crippen LogP contribution in [-0.4, -0.2) is 46.7 Å². The van der Waals surface area contributed by atoms with Gasteiger partial charge in [-0.3, -0.25) is 19.6 Å². The molecule has 0 bridgehead atoms. The van der Waals surface area contributed by atoms with Gasteiger partial charge in [-0.1, -0.05) is 30.0 Å². The summed E-state index contributed by atoms with van der Waals surface area (Å²) in [5.74, 6) is 9.10. The minimum atomic E-state index is -1.31. The molecule has 0 saturated heterocycles. The maximum absolute atomic E-state index is 13.6. The highest BCUT2D eigenvalue weighted by Crippen LogP contribution is 2.09. The lowest BCUT2D eigenvalue weighted by Crippen LogP contribution is -2.51. The number of amides is 3. The zero-order chi connectivity index (χ0) is 28.9. The van der Waals surface area contributed by atoms with Crippen molar-refractivity contribution in [2.75, 3.05) is 11.9 Å². The van der Waals surface area contributed by atoms with E-state index < -0.39 is 24.0 Å². The summed E-state index contributed by atoms with van der Waals surface area (Å²) in [5, 5.41) is 26.4. The standard InChI is InChI=1S/C30H27FN4O5/c1-20(36)28(30(39)35-40)34-29(38)23-14-10-21(11-15-23)6-2-3-7-22-12-16-25(17-13-22)33-27(37)19-32-18-24-8-4-5-9-26(24)31/h4-5,8-17,20,28,32,36,40H,18-19H2,1H3,(H,33,37)(H,34,38)(H,35,39)/t20-,28+/m1/s1. The first-order chi connectivity index (χ1) is 19.3. The van der Waals surface area contributed by atoms with E-state index >= 15 is 0 Å². The van der Waals surface area contributed by atoms with Crippen LogP contribution in [0.5, 0.6) is 0 Å². The van der Waals surface area contributed by atoms with Crippen molar-refractivity contribution in [2.24, 2.45) is 0 Å². The predicted molar refractivity (Wildman–Crippen MR) is 146 cm³/mol. The third kappa shape index (κ3) is 9.08. The molecule has 0 spiro atoms. The van der Waals surface area contributed by atoms with E-state index in [0.717, 1.165) is 0 Å². The molecule has 0 heterocycles. The number of carbonyl (C=O) groups is 3.